The van der Waals surface area contributed by atoms with Crippen LogP contribution in [0.25, 0.3) is 0 Å². The molecule has 0 bridgehead atoms. The molecule has 1 aromatic rings. The van der Waals surface area contributed by atoms with Crippen molar-refractivity contribution < 1.29 is 9.59 Å². The number of thiophene rings is 1. The van der Waals surface area contributed by atoms with Crippen molar-refractivity contribution in [1.82, 2.24) is 5.01 Å². The predicted octanol–water partition coefficient (Wildman–Crippen LogP) is 1.64. The minimum atomic E-state index is -0.609. The molecule has 1 aliphatic rings. The number of aryl methyl sites for hydroxylation is 2. The predicted molar refractivity (Wildman–Crippen MR) is 50.1 cm³/mol. The number of amides is 2. The van der Waals surface area contributed by atoms with Crippen molar-refractivity contribution in [3.8, 4) is 0 Å². The zero-order valence-corrected chi connectivity index (χ0v) is 8.34. The lowest BCUT2D eigenvalue weighted by molar-refractivity contribution is 0.0655. The summed E-state index contributed by atoms with van der Waals surface area (Å²) in [6.45, 7) is 3.49. The molecule has 2 heterocycles. The summed E-state index contributed by atoms with van der Waals surface area (Å²) >= 11 is 1.38. The van der Waals surface area contributed by atoms with Crippen LogP contribution in [0.2, 0.25) is 0 Å². The number of nitrogens with zero attached hydrogens (tertiary/aromatic N) is 2. The van der Waals surface area contributed by atoms with E-state index in [1.165, 1.54) is 11.3 Å². The highest BCUT2D eigenvalue weighted by molar-refractivity contribution is 7.12. The van der Waals surface area contributed by atoms with E-state index in [2.05, 4.69) is 5.29 Å². The number of imide groups is 1. The monoisotopic (exact) mass is 210 g/mol. The van der Waals surface area contributed by atoms with Crippen LogP contribution in [0.15, 0.2) is 5.29 Å². The molecular weight excluding hydrogens is 204 g/mol. The van der Waals surface area contributed by atoms with Crippen molar-refractivity contribution in [2.24, 2.45) is 5.29 Å². The Hall–Kier alpha value is -1.56. The summed E-state index contributed by atoms with van der Waals surface area (Å²) < 4.78 is 0. The number of hydrogen-bond acceptors (Lipinski definition) is 5. The summed E-state index contributed by atoms with van der Waals surface area (Å²) in [7, 11) is 0. The summed E-state index contributed by atoms with van der Waals surface area (Å²) in [5.74, 6) is -1.22. The normalized spacial score (nSPS) is 14.9. The van der Waals surface area contributed by atoms with E-state index in [0.29, 0.717) is 16.1 Å². The molecular formula is C8H6N2O3S. The summed E-state index contributed by atoms with van der Waals surface area (Å²) in [5, 5.41) is 2.78. The highest BCUT2D eigenvalue weighted by atomic mass is 32.1. The van der Waals surface area contributed by atoms with Crippen molar-refractivity contribution in [3.63, 3.8) is 0 Å². The molecule has 0 aliphatic carbocycles. The Labute approximate surface area is 83.3 Å². The molecule has 0 aromatic carbocycles. The van der Waals surface area contributed by atoms with Gasteiger partial charge < -0.3 is 0 Å². The van der Waals surface area contributed by atoms with Crippen molar-refractivity contribution in [2.75, 3.05) is 0 Å². The molecule has 72 valence electrons. The minimum absolute atomic E-state index is 0.331. The van der Waals surface area contributed by atoms with Gasteiger partial charge in [0, 0.05) is 9.75 Å². The van der Waals surface area contributed by atoms with Crippen LogP contribution in [-0.4, -0.2) is 16.8 Å². The van der Waals surface area contributed by atoms with Crippen LogP contribution in [0, 0.1) is 18.8 Å². The third kappa shape index (κ3) is 0.884. The summed E-state index contributed by atoms with van der Waals surface area (Å²) in [4.78, 5) is 34.7. The van der Waals surface area contributed by atoms with Crippen molar-refractivity contribution in [2.45, 2.75) is 13.8 Å². The van der Waals surface area contributed by atoms with Gasteiger partial charge in [-0.3, -0.25) is 9.59 Å². The SMILES string of the molecule is Cc1sc(C)c2c1C(=O)N(N=O)C2=O. The van der Waals surface area contributed by atoms with Crippen LogP contribution in [0.3, 0.4) is 0 Å². The summed E-state index contributed by atoms with van der Waals surface area (Å²) in [6, 6.07) is 0. The standard InChI is InChI=1S/C8H6N2O3S/c1-3-5-6(4(2)14-3)8(12)10(9-13)7(5)11/h1-2H3. The topological polar surface area (TPSA) is 66.8 Å². The van der Waals surface area contributed by atoms with Crippen LogP contribution in [0.4, 0.5) is 0 Å². The molecule has 1 aromatic heterocycles. The lowest BCUT2D eigenvalue weighted by Gasteiger charge is -2.00. The van der Waals surface area contributed by atoms with Gasteiger partial charge in [-0.1, -0.05) is 0 Å². The van der Waals surface area contributed by atoms with E-state index < -0.39 is 11.8 Å². The van der Waals surface area contributed by atoms with E-state index in [-0.39, 0.29) is 0 Å². The van der Waals surface area contributed by atoms with Crippen molar-refractivity contribution >= 4 is 23.2 Å². The molecule has 0 saturated heterocycles. The third-order valence-corrected chi connectivity index (χ3v) is 3.18. The number of fused-ring (bicyclic) bond motifs is 1. The Morgan fingerprint density at radius 3 is 1.86 bits per heavy atom. The van der Waals surface area contributed by atoms with Gasteiger partial charge in [-0.2, -0.15) is 0 Å². The Bertz CT molecular complexity index is 427. The molecule has 2 amide bonds. The van der Waals surface area contributed by atoms with Gasteiger partial charge >= 0.3 is 0 Å². The summed E-state index contributed by atoms with van der Waals surface area (Å²) in [5.41, 5.74) is 0.661. The lowest BCUT2D eigenvalue weighted by Crippen LogP contribution is -2.23. The number of rotatable bonds is 1. The minimum Gasteiger partial charge on any atom is -0.266 e. The fourth-order valence-electron chi connectivity index (χ4n) is 1.58. The Balaban J connectivity index is 2.71. The molecule has 5 nitrogen and oxygen atoms in total. The average molecular weight is 210 g/mol. The maximum atomic E-state index is 11.5. The number of nitroso groups, excluding NO2 is 1. The first-order valence-corrected chi connectivity index (χ1v) is 4.71. The van der Waals surface area contributed by atoms with E-state index in [4.69, 9.17) is 0 Å². The fourth-order valence-corrected chi connectivity index (χ4v) is 2.62. The van der Waals surface area contributed by atoms with Gasteiger partial charge in [-0.05, 0) is 13.8 Å². The second-order valence-corrected chi connectivity index (χ2v) is 4.40. The molecule has 0 saturated carbocycles. The van der Waals surface area contributed by atoms with E-state index in [1.54, 1.807) is 13.8 Å². The number of carbonyl (C=O) groups excluding carboxylic acids is 2. The van der Waals surface area contributed by atoms with Crippen LogP contribution in [0.1, 0.15) is 30.5 Å². The molecule has 0 atom stereocenters. The first-order chi connectivity index (χ1) is 6.57. The Morgan fingerprint density at radius 2 is 1.50 bits per heavy atom. The van der Waals surface area contributed by atoms with Crippen LogP contribution >= 0.6 is 11.3 Å². The van der Waals surface area contributed by atoms with E-state index >= 15 is 0 Å². The smallest absolute Gasteiger partial charge is 0.266 e. The van der Waals surface area contributed by atoms with Gasteiger partial charge in [-0.15, -0.1) is 21.3 Å². The number of carbonyl (C=O) groups is 2. The molecule has 2 rings (SSSR count). The van der Waals surface area contributed by atoms with Gasteiger partial charge in [-0.25, -0.2) is 0 Å². The highest BCUT2D eigenvalue weighted by Gasteiger charge is 2.41. The third-order valence-electron chi connectivity index (χ3n) is 2.15. The van der Waals surface area contributed by atoms with Gasteiger partial charge in [0.05, 0.1) is 16.4 Å². The second-order valence-electron chi connectivity index (χ2n) is 2.97. The molecule has 14 heavy (non-hydrogen) atoms. The lowest BCUT2D eigenvalue weighted by atomic mass is 10.1. The van der Waals surface area contributed by atoms with E-state index in [0.717, 1.165) is 9.75 Å². The Kier molecular flexibility index (Phi) is 1.75. The number of hydrogen-bond donors (Lipinski definition) is 0. The van der Waals surface area contributed by atoms with Crippen LogP contribution in [0.5, 0.6) is 0 Å². The Morgan fingerprint density at radius 1 is 1.07 bits per heavy atom. The molecule has 1 aliphatic heterocycles. The van der Waals surface area contributed by atoms with Crippen LogP contribution < -0.4 is 0 Å². The maximum Gasteiger partial charge on any atom is 0.286 e. The molecule has 0 fully saturated rings. The first-order valence-electron chi connectivity index (χ1n) is 3.90. The van der Waals surface area contributed by atoms with Crippen molar-refractivity contribution in [1.29, 1.82) is 0 Å². The zero-order valence-electron chi connectivity index (χ0n) is 7.53. The highest BCUT2D eigenvalue weighted by Crippen LogP contribution is 2.34. The largest absolute Gasteiger partial charge is 0.286 e. The van der Waals surface area contributed by atoms with Gasteiger partial charge in [0.2, 0.25) is 0 Å². The van der Waals surface area contributed by atoms with Gasteiger partial charge in [0.1, 0.15) is 0 Å². The first kappa shape index (κ1) is 9.01. The maximum absolute atomic E-state index is 11.5. The van der Waals surface area contributed by atoms with E-state index in [1.807, 2.05) is 0 Å². The molecule has 0 N–H and O–H groups in total. The van der Waals surface area contributed by atoms with E-state index in [9.17, 15) is 14.5 Å². The van der Waals surface area contributed by atoms with Crippen LogP contribution in [-0.2, 0) is 0 Å². The fraction of sp³-hybridized carbons (Fsp3) is 0.250. The molecule has 0 unspecified atom stereocenters. The zero-order chi connectivity index (χ0) is 10.5. The molecule has 0 radical (unpaired) electrons. The summed E-state index contributed by atoms with van der Waals surface area (Å²) in [6.07, 6.45) is 0. The van der Waals surface area contributed by atoms with Gasteiger partial charge in [0.15, 0.2) is 0 Å². The average Bonchev–Trinajstić information content (AvgIpc) is 2.53. The second kappa shape index (κ2) is 2.71. The quantitative estimate of drug-likeness (QED) is 0.522. The molecule has 6 heteroatoms. The van der Waals surface area contributed by atoms with Gasteiger partial charge in [0.25, 0.3) is 11.8 Å². The molecule has 0 spiro atoms. The van der Waals surface area contributed by atoms with Crippen molar-refractivity contribution in [3.05, 3.63) is 25.8 Å².